The second kappa shape index (κ2) is 8.95. The minimum Gasteiger partial charge on any atom is -0.459 e. The summed E-state index contributed by atoms with van der Waals surface area (Å²) in [4.78, 5) is 21.2. The standard InChI is InChI=1S/C24H20F2N4O3/c25-17-5-3-16(4-6-17)21-23(30(14-28-21)12-15-7-9-32-13-15)18-10-27-11-19(26)22(18)29-24(31)20-2-1-8-33-20/h1-6,8,10-11,14-15H,7,9,12-13H2,(H,27,29,31). The second-order valence-corrected chi connectivity index (χ2v) is 7.81. The Kier molecular flexibility index (Phi) is 5.70. The van der Waals surface area contributed by atoms with Gasteiger partial charge in [0.15, 0.2) is 11.6 Å². The van der Waals surface area contributed by atoms with Gasteiger partial charge < -0.3 is 19.0 Å². The van der Waals surface area contributed by atoms with Crippen LogP contribution in [0, 0.1) is 17.6 Å². The fourth-order valence-corrected chi connectivity index (χ4v) is 3.95. The van der Waals surface area contributed by atoms with Crippen LogP contribution < -0.4 is 5.32 Å². The van der Waals surface area contributed by atoms with Crippen molar-refractivity contribution in [3.63, 3.8) is 0 Å². The number of halogens is 2. The molecule has 0 spiro atoms. The Balaban J connectivity index is 1.62. The predicted octanol–water partition coefficient (Wildman–Crippen LogP) is 4.77. The maximum absolute atomic E-state index is 15.0. The van der Waals surface area contributed by atoms with E-state index in [0.717, 1.165) is 12.6 Å². The summed E-state index contributed by atoms with van der Waals surface area (Å²) >= 11 is 0. The summed E-state index contributed by atoms with van der Waals surface area (Å²) in [5.41, 5.74) is 2.05. The number of hydrogen-bond acceptors (Lipinski definition) is 5. The Hall–Kier alpha value is -3.85. The molecule has 0 radical (unpaired) electrons. The zero-order valence-corrected chi connectivity index (χ0v) is 17.5. The van der Waals surface area contributed by atoms with Gasteiger partial charge in [-0.15, -0.1) is 0 Å². The first kappa shape index (κ1) is 21.0. The molecule has 168 valence electrons. The lowest BCUT2D eigenvalue weighted by atomic mass is 10.0. The average molecular weight is 450 g/mol. The number of benzene rings is 1. The van der Waals surface area contributed by atoms with Crippen LogP contribution in [-0.4, -0.2) is 33.7 Å². The molecule has 1 aromatic carbocycles. The van der Waals surface area contributed by atoms with E-state index in [0.29, 0.717) is 42.3 Å². The first-order chi connectivity index (χ1) is 16.1. The van der Waals surface area contributed by atoms with Crippen LogP contribution in [0.4, 0.5) is 14.5 Å². The second-order valence-electron chi connectivity index (χ2n) is 7.81. The van der Waals surface area contributed by atoms with Crippen molar-refractivity contribution in [1.29, 1.82) is 0 Å². The van der Waals surface area contributed by atoms with Gasteiger partial charge in [0.25, 0.3) is 5.91 Å². The molecule has 3 aromatic heterocycles. The molecule has 33 heavy (non-hydrogen) atoms. The number of rotatable bonds is 6. The lowest BCUT2D eigenvalue weighted by Gasteiger charge is -2.17. The smallest absolute Gasteiger partial charge is 0.291 e. The first-order valence-electron chi connectivity index (χ1n) is 10.5. The third kappa shape index (κ3) is 4.27. The largest absolute Gasteiger partial charge is 0.459 e. The molecule has 9 heteroatoms. The molecule has 1 amide bonds. The van der Waals surface area contributed by atoms with Crippen molar-refractivity contribution in [2.75, 3.05) is 18.5 Å². The highest BCUT2D eigenvalue weighted by molar-refractivity contribution is 6.05. The molecule has 1 N–H and O–H groups in total. The molecular weight excluding hydrogens is 430 g/mol. The van der Waals surface area contributed by atoms with Crippen molar-refractivity contribution in [2.45, 2.75) is 13.0 Å². The number of carbonyl (C=O) groups excluding carboxylic acids is 1. The van der Waals surface area contributed by atoms with Gasteiger partial charge in [0.2, 0.25) is 0 Å². The average Bonchev–Trinajstić information content (AvgIpc) is 3.58. The maximum Gasteiger partial charge on any atom is 0.291 e. The van der Waals surface area contributed by atoms with E-state index in [-0.39, 0.29) is 23.2 Å². The lowest BCUT2D eigenvalue weighted by Crippen LogP contribution is -2.15. The SMILES string of the molecule is O=C(Nc1c(F)cncc1-c1c(-c2ccc(F)cc2)ncn1CC1CCOC1)c1ccco1. The van der Waals surface area contributed by atoms with Crippen molar-refractivity contribution in [3.8, 4) is 22.5 Å². The molecule has 1 atom stereocenters. The van der Waals surface area contributed by atoms with E-state index in [1.165, 1.54) is 30.7 Å². The third-order valence-corrected chi connectivity index (χ3v) is 5.57. The Labute approximate surface area is 188 Å². The van der Waals surface area contributed by atoms with Gasteiger partial charge in [0.05, 0.1) is 42.5 Å². The van der Waals surface area contributed by atoms with E-state index in [1.807, 2.05) is 4.57 Å². The Morgan fingerprint density at radius 2 is 2.03 bits per heavy atom. The van der Waals surface area contributed by atoms with Crippen molar-refractivity contribution in [2.24, 2.45) is 5.92 Å². The van der Waals surface area contributed by atoms with Crippen LogP contribution in [0.25, 0.3) is 22.5 Å². The number of nitrogens with one attached hydrogen (secondary N) is 1. The van der Waals surface area contributed by atoms with Crippen LogP contribution >= 0.6 is 0 Å². The van der Waals surface area contributed by atoms with Gasteiger partial charge >= 0.3 is 0 Å². The summed E-state index contributed by atoms with van der Waals surface area (Å²) in [6, 6.07) is 8.96. The molecule has 1 unspecified atom stereocenters. The van der Waals surface area contributed by atoms with E-state index in [2.05, 4.69) is 15.3 Å². The van der Waals surface area contributed by atoms with Crippen molar-refractivity contribution >= 4 is 11.6 Å². The summed E-state index contributed by atoms with van der Waals surface area (Å²) in [6.07, 6.45) is 6.43. The Bertz CT molecular complexity index is 1260. The van der Waals surface area contributed by atoms with Crippen LogP contribution in [0.3, 0.4) is 0 Å². The monoisotopic (exact) mass is 450 g/mol. The zero-order chi connectivity index (χ0) is 22.8. The molecule has 0 bridgehead atoms. The quantitative estimate of drug-likeness (QED) is 0.458. The highest BCUT2D eigenvalue weighted by Crippen LogP contribution is 2.37. The van der Waals surface area contributed by atoms with Crippen molar-refractivity contribution in [1.82, 2.24) is 14.5 Å². The van der Waals surface area contributed by atoms with Crippen molar-refractivity contribution in [3.05, 3.63) is 78.8 Å². The summed E-state index contributed by atoms with van der Waals surface area (Å²) in [6.45, 7) is 1.89. The third-order valence-electron chi connectivity index (χ3n) is 5.57. The van der Waals surface area contributed by atoms with Crippen LogP contribution in [0.15, 0.2) is 65.8 Å². The molecule has 1 aliphatic heterocycles. The van der Waals surface area contributed by atoms with Gasteiger partial charge in [-0.3, -0.25) is 9.78 Å². The molecule has 1 fully saturated rings. The number of carbonyl (C=O) groups is 1. The van der Waals surface area contributed by atoms with Gasteiger partial charge in [-0.25, -0.2) is 13.8 Å². The molecule has 4 aromatic rings. The number of anilines is 1. The minimum atomic E-state index is -0.700. The number of nitrogens with zero attached hydrogens (tertiary/aromatic N) is 3. The van der Waals surface area contributed by atoms with Gasteiger partial charge in [0.1, 0.15) is 5.82 Å². The number of imidazole rings is 1. The number of ether oxygens (including phenoxy) is 1. The van der Waals surface area contributed by atoms with E-state index in [4.69, 9.17) is 9.15 Å². The topological polar surface area (TPSA) is 82.2 Å². The number of amides is 1. The summed E-state index contributed by atoms with van der Waals surface area (Å²) in [5.74, 6) is -1.35. The molecule has 5 rings (SSSR count). The predicted molar refractivity (Wildman–Crippen MR) is 116 cm³/mol. The Morgan fingerprint density at radius 1 is 1.18 bits per heavy atom. The molecule has 0 aliphatic carbocycles. The number of hydrogen-bond donors (Lipinski definition) is 1. The summed E-state index contributed by atoms with van der Waals surface area (Å²) in [5, 5.41) is 2.60. The number of aromatic nitrogens is 3. The van der Waals surface area contributed by atoms with E-state index in [9.17, 15) is 13.6 Å². The van der Waals surface area contributed by atoms with Crippen molar-refractivity contribution < 1.29 is 22.7 Å². The molecule has 4 heterocycles. The van der Waals surface area contributed by atoms with Crippen LogP contribution in [0.2, 0.25) is 0 Å². The number of furan rings is 1. The molecular formula is C24H20F2N4O3. The summed E-state index contributed by atoms with van der Waals surface area (Å²) in [7, 11) is 0. The van der Waals surface area contributed by atoms with Gasteiger partial charge in [-0.2, -0.15) is 0 Å². The molecule has 1 saturated heterocycles. The van der Waals surface area contributed by atoms with Gasteiger partial charge in [-0.1, -0.05) is 0 Å². The highest BCUT2D eigenvalue weighted by atomic mass is 19.1. The fraction of sp³-hybridized carbons (Fsp3) is 0.208. The van der Waals surface area contributed by atoms with E-state index in [1.54, 1.807) is 24.5 Å². The first-order valence-corrected chi connectivity index (χ1v) is 10.5. The van der Waals surface area contributed by atoms with E-state index < -0.39 is 11.7 Å². The van der Waals surface area contributed by atoms with Crippen LogP contribution in [0.1, 0.15) is 17.0 Å². The van der Waals surface area contributed by atoms with Crippen LogP contribution in [0.5, 0.6) is 0 Å². The highest BCUT2D eigenvalue weighted by Gasteiger charge is 2.25. The van der Waals surface area contributed by atoms with Gasteiger partial charge in [0, 0.05) is 36.4 Å². The summed E-state index contributed by atoms with van der Waals surface area (Å²) < 4.78 is 41.0. The van der Waals surface area contributed by atoms with E-state index >= 15 is 0 Å². The molecule has 7 nitrogen and oxygen atoms in total. The number of pyridine rings is 1. The van der Waals surface area contributed by atoms with Gasteiger partial charge in [-0.05, 0) is 42.8 Å². The fourth-order valence-electron chi connectivity index (χ4n) is 3.95. The molecule has 1 aliphatic rings. The molecule has 0 saturated carbocycles. The van der Waals surface area contributed by atoms with Crippen LogP contribution in [-0.2, 0) is 11.3 Å². The Morgan fingerprint density at radius 3 is 2.76 bits per heavy atom. The maximum atomic E-state index is 15.0. The normalized spacial score (nSPS) is 15.6. The zero-order valence-electron chi connectivity index (χ0n) is 17.5. The lowest BCUT2D eigenvalue weighted by molar-refractivity contribution is 0.0996. The minimum absolute atomic E-state index is 0.0424.